The van der Waals surface area contributed by atoms with E-state index in [4.69, 9.17) is 4.74 Å². The maximum atomic E-state index is 13.4. The number of amides is 1. The zero-order valence-electron chi connectivity index (χ0n) is 22.9. The molecule has 4 aromatic rings. The van der Waals surface area contributed by atoms with Gasteiger partial charge in [-0.05, 0) is 75.2 Å². The number of nitrogens with one attached hydrogen (secondary N) is 1. The Balaban J connectivity index is 1.46. The number of rotatable bonds is 12. The van der Waals surface area contributed by atoms with Crippen molar-refractivity contribution in [1.82, 2.24) is 14.3 Å². The Labute approximate surface area is 236 Å². The molecule has 8 nitrogen and oxygen atoms in total. The van der Waals surface area contributed by atoms with Gasteiger partial charge in [0.1, 0.15) is 5.75 Å². The van der Waals surface area contributed by atoms with Gasteiger partial charge in [0.15, 0.2) is 0 Å². The number of carbonyl (C=O) groups excluding carboxylic acids is 1. The van der Waals surface area contributed by atoms with E-state index in [2.05, 4.69) is 15.1 Å². The number of carbonyl (C=O) groups is 1. The highest BCUT2D eigenvalue weighted by Gasteiger charge is 2.26. The van der Waals surface area contributed by atoms with Crippen LogP contribution in [0.15, 0.2) is 101 Å². The van der Waals surface area contributed by atoms with E-state index in [9.17, 15) is 13.2 Å². The maximum absolute atomic E-state index is 13.4. The Bertz CT molecular complexity index is 1550. The molecule has 1 amide bonds. The largest absolute Gasteiger partial charge is 0.494 e. The average molecular weight is 559 g/mol. The Morgan fingerprint density at radius 2 is 1.62 bits per heavy atom. The molecule has 1 aromatic heterocycles. The molecule has 0 atom stereocenters. The van der Waals surface area contributed by atoms with Crippen LogP contribution in [0.5, 0.6) is 5.75 Å². The van der Waals surface area contributed by atoms with Crippen LogP contribution in [0.2, 0.25) is 0 Å². The van der Waals surface area contributed by atoms with E-state index in [1.54, 1.807) is 24.4 Å². The lowest BCUT2D eigenvalue weighted by Crippen LogP contribution is -2.40. The van der Waals surface area contributed by atoms with Crippen LogP contribution >= 0.6 is 0 Å². The molecule has 0 fully saturated rings. The third-order valence-corrected chi connectivity index (χ3v) is 8.32. The van der Waals surface area contributed by atoms with Crippen molar-refractivity contribution in [3.8, 4) is 11.4 Å². The number of nitrogens with zero attached hydrogens (tertiary/aromatic N) is 3. The van der Waals surface area contributed by atoms with Gasteiger partial charge in [-0.3, -0.25) is 4.79 Å². The molecule has 1 heterocycles. The summed E-state index contributed by atoms with van der Waals surface area (Å²) in [6.45, 7) is 6.33. The Kier molecular flexibility index (Phi) is 9.52. The minimum Gasteiger partial charge on any atom is -0.494 e. The Morgan fingerprint density at radius 1 is 0.975 bits per heavy atom. The normalized spacial score (nSPS) is 11.7. The predicted octanol–water partition coefficient (Wildman–Crippen LogP) is 4.88. The number of hydrazone groups is 1. The molecular weight excluding hydrogens is 524 g/mol. The summed E-state index contributed by atoms with van der Waals surface area (Å²) in [5, 5.41) is 4.14. The van der Waals surface area contributed by atoms with Gasteiger partial charge in [-0.2, -0.15) is 9.41 Å². The highest BCUT2D eigenvalue weighted by atomic mass is 32.2. The number of aromatic nitrogens is 1. The summed E-state index contributed by atoms with van der Waals surface area (Å²) < 4.78 is 35.5. The van der Waals surface area contributed by atoms with Crippen LogP contribution in [0.3, 0.4) is 0 Å². The van der Waals surface area contributed by atoms with Crippen LogP contribution in [0.25, 0.3) is 5.69 Å². The van der Waals surface area contributed by atoms with Crippen molar-refractivity contribution in [3.05, 3.63) is 114 Å². The van der Waals surface area contributed by atoms with Crippen LogP contribution in [0.1, 0.15) is 29.4 Å². The maximum Gasteiger partial charge on any atom is 0.255 e. The standard InChI is InChI=1S/C31H34N4O4S/c1-4-39-29-17-15-28(16-18-29)35-24(2)21-27(25(35)3)22-32-33-31(36)23-34(20-19-26-11-7-5-8-12-26)40(37,38)30-13-9-6-10-14-30/h5-18,21-22H,4,19-20,23H2,1-3H3,(H,33,36)/b32-22-. The summed E-state index contributed by atoms with van der Waals surface area (Å²) in [4.78, 5) is 13.0. The molecule has 0 saturated heterocycles. The second-order valence-electron chi connectivity index (χ2n) is 9.27. The first kappa shape index (κ1) is 28.8. The summed E-state index contributed by atoms with van der Waals surface area (Å²) >= 11 is 0. The van der Waals surface area contributed by atoms with Gasteiger partial charge in [0.05, 0.1) is 24.3 Å². The van der Waals surface area contributed by atoms with Crippen LogP contribution in [-0.2, 0) is 21.2 Å². The SMILES string of the molecule is CCOc1ccc(-n2c(C)cc(/C=N\NC(=O)CN(CCc3ccccc3)S(=O)(=O)c3ccccc3)c2C)cc1. The van der Waals surface area contributed by atoms with Gasteiger partial charge < -0.3 is 9.30 Å². The molecule has 0 aliphatic rings. The van der Waals surface area contributed by atoms with E-state index in [0.29, 0.717) is 13.0 Å². The molecule has 40 heavy (non-hydrogen) atoms. The summed E-state index contributed by atoms with van der Waals surface area (Å²) in [5.41, 5.74) is 7.27. The molecule has 0 unspecified atom stereocenters. The van der Waals surface area contributed by atoms with Gasteiger partial charge in [-0.15, -0.1) is 0 Å². The summed E-state index contributed by atoms with van der Waals surface area (Å²) in [7, 11) is -3.88. The fraction of sp³-hybridized carbons (Fsp3) is 0.226. The van der Waals surface area contributed by atoms with Gasteiger partial charge in [0, 0.05) is 29.2 Å². The number of aryl methyl sites for hydroxylation is 1. The first-order chi connectivity index (χ1) is 19.3. The Morgan fingerprint density at radius 3 is 2.27 bits per heavy atom. The van der Waals surface area contributed by atoms with Gasteiger partial charge in [-0.1, -0.05) is 48.5 Å². The second kappa shape index (κ2) is 13.2. The fourth-order valence-corrected chi connectivity index (χ4v) is 5.89. The van der Waals surface area contributed by atoms with Gasteiger partial charge in [-0.25, -0.2) is 13.8 Å². The minimum atomic E-state index is -3.88. The monoisotopic (exact) mass is 558 g/mol. The quantitative estimate of drug-likeness (QED) is 0.198. The number of hydrogen-bond donors (Lipinski definition) is 1. The lowest BCUT2D eigenvalue weighted by molar-refractivity contribution is -0.121. The third kappa shape index (κ3) is 7.05. The predicted molar refractivity (Wildman–Crippen MR) is 157 cm³/mol. The molecule has 0 radical (unpaired) electrons. The molecule has 208 valence electrons. The van der Waals surface area contributed by atoms with Crippen molar-refractivity contribution in [2.75, 3.05) is 19.7 Å². The van der Waals surface area contributed by atoms with E-state index < -0.39 is 15.9 Å². The van der Waals surface area contributed by atoms with Crippen molar-refractivity contribution >= 4 is 22.1 Å². The first-order valence-corrected chi connectivity index (χ1v) is 14.6. The smallest absolute Gasteiger partial charge is 0.255 e. The van der Waals surface area contributed by atoms with Crippen molar-refractivity contribution in [2.24, 2.45) is 5.10 Å². The van der Waals surface area contributed by atoms with E-state index in [1.807, 2.05) is 81.4 Å². The molecule has 1 N–H and O–H groups in total. The summed E-state index contributed by atoms with van der Waals surface area (Å²) in [6.07, 6.45) is 2.05. The molecule has 0 saturated carbocycles. The zero-order valence-corrected chi connectivity index (χ0v) is 23.8. The lowest BCUT2D eigenvalue weighted by Gasteiger charge is -2.21. The molecule has 0 aliphatic carbocycles. The van der Waals surface area contributed by atoms with Crippen molar-refractivity contribution in [2.45, 2.75) is 32.1 Å². The van der Waals surface area contributed by atoms with Crippen LogP contribution in [-0.4, -0.2) is 49.1 Å². The lowest BCUT2D eigenvalue weighted by atomic mass is 10.1. The van der Waals surface area contributed by atoms with E-state index in [1.165, 1.54) is 16.4 Å². The van der Waals surface area contributed by atoms with Crippen molar-refractivity contribution in [3.63, 3.8) is 0 Å². The molecular formula is C31H34N4O4S. The number of sulfonamides is 1. The molecule has 3 aromatic carbocycles. The van der Waals surface area contributed by atoms with Crippen LogP contribution < -0.4 is 10.2 Å². The van der Waals surface area contributed by atoms with Crippen molar-refractivity contribution < 1.29 is 17.9 Å². The molecule has 9 heteroatoms. The second-order valence-corrected chi connectivity index (χ2v) is 11.2. The summed E-state index contributed by atoms with van der Waals surface area (Å²) in [6, 6.07) is 27.5. The molecule has 0 aliphatic heterocycles. The summed E-state index contributed by atoms with van der Waals surface area (Å²) in [5.74, 6) is 0.287. The fourth-order valence-electron chi connectivity index (χ4n) is 4.47. The highest BCUT2D eigenvalue weighted by Crippen LogP contribution is 2.22. The topological polar surface area (TPSA) is 93.0 Å². The zero-order chi connectivity index (χ0) is 28.5. The van der Waals surface area contributed by atoms with Gasteiger partial charge >= 0.3 is 0 Å². The van der Waals surface area contributed by atoms with Crippen LogP contribution in [0.4, 0.5) is 0 Å². The van der Waals surface area contributed by atoms with E-state index >= 15 is 0 Å². The average Bonchev–Trinajstić information content (AvgIpc) is 3.25. The van der Waals surface area contributed by atoms with E-state index in [0.717, 1.165) is 34.0 Å². The number of benzene rings is 3. The number of ether oxygens (including phenoxy) is 1. The minimum absolute atomic E-state index is 0.140. The van der Waals surface area contributed by atoms with Gasteiger partial charge in [0.2, 0.25) is 10.0 Å². The van der Waals surface area contributed by atoms with Crippen molar-refractivity contribution in [1.29, 1.82) is 0 Å². The molecule has 0 bridgehead atoms. The van der Waals surface area contributed by atoms with E-state index in [-0.39, 0.29) is 18.0 Å². The molecule has 4 rings (SSSR count). The van der Waals surface area contributed by atoms with Gasteiger partial charge in [0.25, 0.3) is 5.91 Å². The highest BCUT2D eigenvalue weighted by molar-refractivity contribution is 7.89. The first-order valence-electron chi connectivity index (χ1n) is 13.1. The van der Waals surface area contributed by atoms with Crippen LogP contribution in [0, 0.1) is 13.8 Å². The third-order valence-electron chi connectivity index (χ3n) is 6.46. The Hall–Kier alpha value is -4.21. The molecule has 0 spiro atoms. The number of hydrogen-bond acceptors (Lipinski definition) is 5.